The number of halogens is 1. The number of nitrogens with zero attached hydrogens (tertiary/aromatic N) is 1. The molecular formula is C18H32IN3O4S. The molecule has 0 aliphatic carbocycles. The van der Waals surface area contributed by atoms with Crippen molar-refractivity contribution in [2.75, 3.05) is 52.0 Å². The number of rotatable bonds is 12. The summed E-state index contributed by atoms with van der Waals surface area (Å²) >= 11 is 0. The smallest absolute Gasteiger partial charge is 0.191 e. The summed E-state index contributed by atoms with van der Waals surface area (Å²) in [6.45, 7) is 5.32. The molecule has 0 saturated carbocycles. The molecule has 7 nitrogen and oxygen atoms in total. The van der Waals surface area contributed by atoms with Gasteiger partial charge < -0.3 is 20.1 Å². The number of hydrogen-bond donors (Lipinski definition) is 2. The summed E-state index contributed by atoms with van der Waals surface area (Å²) in [5.74, 6) is 1.07. The first-order valence-corrected chi connectivity index (χ1v) is 10.8. The van der Waals surface area contributed by atoms with E-state index in [0.29, 0.717) is 38.2 Å². The van der Waals surface area contributed by atoms with Crippen molar-refractivity contribution in [3.8, 4) is 0 Å². The summed E-state index contributed by atoms with van der Waals surface area (Å²) in [4.78, 5) is 4.15. The lowest BCUT2D eigenvalue weighted by molar-refractivity contribution is 0.0931. The lowest BCUT2D eigenvalue weighted by Crippen LogP contribution is -2.41. The van der Waals surface area contributed by atoms with Gasteiger partial charge in [-0.2, -0.15) is 0 Å². The average Bonchev–Trinajstić information content (AvgIpc) is 2.60. The monoisotopic (exact) mass is 513 g/mol. The number of nitrogens with one attached hydrogen (secondary N) is 2. The van der Waals surface area contributed by atoms with Crippen molar-refractivity contribution in [2.24, 2.45) is 10.9 Å². The quantitative estimate of drug-likeness (QED) is 0.192. The Morgan fingerprint density at radius 1 is 1.15 bits per heavy atom. The first-order chi connectivity index (χ1) is 12.4. The second kappa shape index (κ2) is 15.1. The third kappa shape index (κ3) is 14.8. The number of hydrogen-bond acceptors (Lipinski definition) is 5. The predicted octanol–water partition coefficient (Wildman–Crippen LogP) is 1.68. The van der Waals surface area contributed by atoms with Gasteiger partial charge in [-0.1, -0.05) is 37.3 Å². The Morgan fingerprint density at radius 3 is 2.48 bits per heavy atom. The van der Waals surface area contributed by atoms with Crippen molar-refractivity contribution in [3.63, 3.8) is 0 Å². The molecule has 1 atom stereocenters. The van der Waals surface area contributed by atoms with Gasteiger partial charge in [0.2, 0.25) is 0 Å². The first-order valence-electron chi connectivity index (χ1n) is 8.72. The van der Waals surface area contributed by atoms with Crippen LogP contribution in [-0.2, 0) is 25.9 Å². The minimum Gasteiger partial charge on any atom is -0.379 e. The van der Waals surface area contributed by atoms with E-state index in [0.717, 1.165) is 6.54 Å². The summed E-state index contributed by atoms with van der Waals surface area (Å²) in [5, 5.41) is 6.37. The Bertz CT molecular complexity index is 627. The fraction of sp³-hybridized carbons (Fsp3) is 0.611. The van der Waals surface area contributed by atoms with Crippen LogP contribution >= 0.6 is 24.0 Å². The van der Waals surface area contributed by atoms with E-state index in [2.05, 4.69) is 22.5 Å². The zero-order valence-corrected chi connectivity index (χ0v) is 19.5. The molecule has 2 N–H and O–H groups in total. The molecule has 0 aliphatic heterocycles. The molecule has 0 bridgehead atoms. The van der Waals surface area contributed by atoms with E-state index >= 15 is 0 Å². The topological polar surface area (TPSA) is 89.0 Å². The van der Waals surface area contributed by atoms with Crippen molar-refractivity contribution in [1.29, 1.82) is 0 Å². The maximum atomic E-state index is 11.0. The van der Waals surface area contributed by atoms with Crippen LogP contribution in [-0.4, -0.2) is 66.3 Å². The Morgan fingerprint density at radius 2 is 1.85 bits per heavy atom. The van der Waals surface area contributed by atoms with Crippen molar-refractivity contribution >= 4 is 39.8 Å². The van der Waals surface area contributed by atoms with E-state index in [9.17, 15) is 8.42 Å². The molecule has 1 rings (SSSR count). The maximum absolute atomic E-state index is 11.0. The van der Waals surface area contributed by atoms with Gasteiger partial charge in [0.25, 0.3) is 0 Å². The molecule has 0 radical (unpaired) electrons. The molecule has 9 heteroatoms. The van der Waals surface area contributed by atoms with Crippen LogP contribution in [0.2, 0.25) is 0 Å². The fourth-order valence-electron chi connectivity index (χ4n) is 2.06. The lowest BCUT2D eigenvalue weighted by Gasteiger charge is -2.16. The molecular weight excluding hydrogens is 481 g/mol. The fourth-order valence-corrected chi connectivity index (χ4v) is 2.48. The number of aliphatic imine (C=N–C) groups is 1. The van der Waals surface area contributed by atoms with Crippen molar-refractivity contribution in [3.05, 3.63) is 35.9 Å². The number of sulfone groups is 1. The Labute approximate surface area is 180 Å². The Balaban J connectivity index is 0.00000676. The van der Waals surface area contributed by atoms with Gasteiger partial charge in [-0.3, -0.25) is 4.99 Å². The third-order valence-corrected chi connectivity index (χ3v) is 4.40. The third-order valence-electron chi connectivity index (χ3n) is 3.49. The number of benzene rings is 1. The highest BCUT2D eigenvalue weighted by atomic mass is 127. The molecule has 0 heterocycles. The summed E-state index contributed by atoms with van der Waals surface area (Å²) in [6.07, 6.45) is 1.20. The molecule has 0 amide bonds. The minimum atomic E-state index is -2.97. The SMILES string of the molecule is CN=C(NCCOCCS(C)(=O)=O)NCC(C)COCc1ccccc1.I. The summed E-state index contributed by atoms with van der Waals surface area (Å²) < 4.78 is 33.0. The average molecular weight is 513 g/mol. The predicted molar refractivity (Wildman–Crippen MR) is 121 cm³/mol. The highest BCUT2D eigenvalue weighted by Gasteiger charge is 2.05. The van der Waals surface area contributed by atoms with Crippen molar-refractivity contribution < 1.29 is 17.9 Å². The molecule has 27 heavy (non-hydrogen) atoms. The van der Waals surface area contributed by atoms with Gasteiger partial charge in [0.05, 0.1) is 32.2 Å². The molecule has 0 aromatic heterocycles. The van der Waals surface area contributed by atoms with Crippen LogP contribution in [0.5, 0.6) is 0 Å². The normalized spacial score (nSPS) is 12.9. The summed E-state index contributed by atoms with van der Waals surface area (Å²) in [6, 6.07) is 10.1. The van der Waals surface area contributed by atoms with Crippen molar-refractivity contribution in [1.82, 2.24) is 10.6 Å². The van der Waals surface area contributed by atoms with E-state index in [4.69, 9.17) is 9.47 Å². The Kier molecular flexibility index (Phi) is 14.6. The highest BCUT2D eigenvalue weighted by molar-refractivity contribution is 14.0. The highest BCUT2D eigenvalue weighted by Crippen LogP contribution is 2.02. The van der Waals surface area contributed by atoms with Crippen LogP contribution in [0.3, 0.4) is 0 Å². The lowest BCUT2D eigenvalue weighted by atomic mass is 10.2. The van der Waals surface area contributed by atoms with Gasteiger partial charge in [0.15, 0.2) is 5.96 Å². The molecule has 1 aromatic rings. The molecule has 0 fully saturated rings. The molecule has 0 aliphatic rings. The van der Waals surface area contributed by atoms with Gasteiger partial charge in [0, 0.05) is 26.4 Å². The van der Waals surface area contributed by atoms with Crippen LogP contribution in [0, 0.1) is 5.92 Å². The minimum absolute atomic E-state index is 0. The summed E-state index contributed by atoms with van der Waals surface area (Å²) in [7, 11) is -1.26. The second-order valence-electron chi connectivity index (χ2n) is 6.23. The van der Waals surface area contributed by atoms with E-state index in [-0.39, 0.29) is 36.3 Å². The largest absolute Gasteiger partial charge is 0.379 e. The summed E-state index contributed by atoms with van der Waals surface area (Å²) in [5.41, 5.74) is 1.17. The van der Waals surface area contributed by atoms with E-state index in [1.807, 2.05) is 30.3 Å². The Hall–Kier alpha value is -0.910. The van der Waals surface area contributed by atoms with Crippen molar-refractivity contribution in [2.45, 2.75) is 13.5 Å². The van der Waals surface area contributed by atoms with E-state index in [1.165, 1.54) is 11.8 Å². The van der Waals surface area contributed by atoms with Crippen LogP contribution in [0.4, 0.5) is 0 Å². The van der Waals surface area contributed by atoms with E-state index in [1.54, 1.807) is 7.05 Å². The molecule has 0 saturated heterocycles. The number of ether oxygens (including phenoxy) is 2. The molecule has 0 spiro atoms. The standard InChI is InChI=1S/C18H31N3O4S.HI/c1-16(14-25-15-17-7-5-4-6-8-17)13-21-18(19-2)20-9-10-24-11-12-26(3,22)23;/h4-8,16H,9-15H2,1-3H3,(H2,19,20,21);1H. The van der Waals surface area contributed by atoms with Crippen LogP contribution in [0.1, 0.15) is 12.5 Å². The first kappa shape index (κ1) is 26.1. The zero-order valence-electron chi connectivity index (χ0n) is 16.3. The van der Waals surface area contributed by atoms with Crippen LogP contribution in [0.25, 0.3) is 0 Å². The zero-order chi connectivity index (χ0) is 19.3. The van der Waals surface area contributed by atoms with Gasteiger partial charge in [-0.25, -0.2) is 8.42 Å². The van der Waals surface area contributed by atoms with Gasteiger partial charge in [-0.05, 0) is 11.5 Å². The van der Waals surface area contributed by atoms with Gasteiger partial charge in [-0.15, -0.1) is 24.0 Å². The second-order valence-corrected chi connectivity index (χ2v) is 8.49. The molecule has 156 valence electrons. The number of guanidine groups is 1. The van der Waals surface area contributed by atoms with E-state index < -0.39 is 9.84 Å². The van der Waals surface area contributed by atoms with Gasteiger partial charge >= 0.3 is 0 Å². The van der Waals surface area contributed by atoms with Gasteiger partial charge in [0.1, 0.15) is 9.84 Å². The maximum Gasteiger partial charge on any atom is 0.191 e. The molecule has 1 unspecified atom stereocenters. The molecule has 1 aromatic carbocycles. The van der Waals surface area contributed by atoms with Crippen LogP contribution in [0.15, 0.2) is 35.3 Å². The van der Waals surface area contributed by atoms with Crippen LogP contribution < -0.4 is 10.6 Å².